The van der Waals surface area contributed by atoms with Crippen molar-refractivity contribution in [3.8, 4) is 11.5 Å². The van der Waals surface area contributed by atoms with E-state index in [2.05, 4.69) is 9.97 Å². The van der Waals surface area contributed by atoms with Crippen molar-refractivity contribution in [2.75, 3.05) is 19.0 Å². The van der Waals surface area contributed by atoms with Gasteiger partial charge in [0.15, 0.2) is 5.69 Å². The molecule has 1 N–H and O–H groups in total. The van der Waals surface area contributed by atoms with Gasteiger partial charge in [-0.2, -0.15) is 0 Å². The molecule has 0 fully saturated rings. The van der Waals surface area contributed by atoms with Crippen molar-refractivity contribution in [3.05, 3.63) is 30.3 Å². The quantitative estimate of drug-likeness (QED) is 0.865. The fourth-order valence-corrected chi connectivity index (χ4v) is 1.30. The molecule has 0 aromatic carbocycles. The summed E-state index contributed by atoms with van der Waals surface area (Å²) in [6, 6.07) is 3.49. The molecule has 88 valence electrons. The normalized spacial score (nSPS) is 10.2. The van der Waals surface area contributed by atoms with E-state index in [4.69, 9.17) is 9.52 Å². The summed E-state index contributed by atoms with van der Waals surface area (Å²) in [5.41, 5.74) is 0.583. The molecule has 2 aromatic rings. The van der Waals surface area contributed by atoms with Crippen LogP contribution in [0.4, 0.5) is 5.82 Å². The Balaban J connectivity index is 2.38. The lowest BCUT2D eigenvalue weighted by molar-refractivity contribution is 0.0690. The zero-order chi connectivity index (χ0) is 12.4. The lowest BCUT2D eigenvalue weighted by Crippen LogP contribution is -2.10. The summed E-state index contributed by atoms with van der Waals surface area (Å²) in [6.45, 7) is 0. The van der Waals surface area contributed by atoms with Gasteiger partial charge >= 0.3 is 5.97 Å². The lowest BCUT2D eigenvalue weighted by Gasteiger charge is -2.10. The first-order valence-corrected chi connectivity index (χ1v) is 4.90. The largest absolute Gasteiger partial charge is 0.476 e. The van der Waals surface area contributed by atoms with Crippen LogP contribution in [0, 0.1) is 0 Å². The number of anilines is 1. The van der Waals surface area contributed by atoms with Crippen LogP contribution in [0.1, 0.15) is 10.5 Å². The van der Waals surface area contributed by atoms with Crippen LogP contribution in [0.25, 0.3) is 11.5 Å². The number of pyridine rings is 1. The third-order valence-corrected chi connectivity index (χ3v) is 2.17. The number of carbonyl (C=O) groups is 1. The highest BCUT2D eigenvalue weighted by atomic mass is 16.4. The molecule has 0 atom stereocenters. The lowest BCUT2D eigenvalue weighted by atomic mass is 10.2. The highest BCUT2D eigenvalue weighted by Crippen LogP contribution is 2.21. The van der Waals surface area contributed by atoms with E-state index in [0.29, 0.717) is 5.56 Å². The number of aromatic carboxylic acids is 1. The zero-order valence-electron chi connectivity index (χ0n) is 9.41. The van der Waals surface area contributed by atoms with Gasteiger partial charge in [0, 0.05) is 25.9 Å². The summed E-state index contributed by atoms with van der Waals surface area (Å²) in [5, 5.41) is 8.74. The first-order valence-electron chi connectivity index (χ1n) is 4.90. The SMILES string of the molecule is CN(C)c1cc(-c2nc(C(=O)O)co2)ccn1. The summed E-state index contributed by atoms with van der Waals surface area (Å²) in [5.74, 6) is -0.0904. The molecule has 2 aromatic heterocycles. The second kappa shape index (κ2) is 4.25. The Bertz CT molecular complexity index is 548. The topological polar surface area (TPSA) is 79.5 Å². The van der Waals surface area contributed by atoms with Gasteiger partial charge in [-0.05, 0) is 12.1 Å². The molecule has 0 spiro atoms. The van der Waals surface area contributed by atoms with Crippen LogP contribution in [-0.2, 0) is 0 Å². The number of rotatable bonds is 3. The Hall–Kier alpha value is -2.37. The Morgan fingerprint density at radius 1 is 1.47 bits per heavy atom. The van der Waals surface area contributed by atoms with Crippen molar-refractivity contribution in [3.63, 3.8) is 0 Å². The summed E-state index contributed by atoms with van der Waals surface area (Å²) in [4.78, 5) is 20.5. The predicted octanol–water partition coefficient (Wildman–Crippen LogP) is 1.50. The Morgan fingerprint density at radius 3 is 2.82 bits per heavy atom. The van der Waals surface area contributed by atoms with Crippen molar-refractivity contribution in [2.24, 2.45) is 0 Å². The molecule has 0 radical (unpaired) electrons. The van der Waals surface area contributed by atoms with Gasteiger partial charge in [-0.3, -0.25) is 0 Å². The fraction of sp³-hybridized carbons (Fsp3) is 0.182. The standard InChI is InChI=1S/C11H11N3O3/c1-14(2)9-5-7(3-4-12-9)10-13-8(6-17-10)11(15)16/h3-6H,1-2H3,(H,15,16). The van der Waals surface area contributed by atoms with Gasteiger partial charge in [-0.25, -0.2) is 14.8 Å². The van der Waals surface area contributed by atoms with Crippen molar-refractivity contribution in [2.45, 2.75) is 0 Å². The van der Waals surface area contributed by atoms with Crippen LogP contribution in [0.3, 0.4) is 0 Å². The third kappa shape index (κ3) is 2.25. The van der Waals surface area contributed by atoms with E-state index in [-0.39, 0.29) is 11.6 Å². The monoisotopic (exact) mass is 233 g/mol. The molecule has 2 rings (SSSR count). The molecule has 6 nitrogen and oxygen atoms in total. The summed E-state index contributed by atoms with van der Waals surface area (Å²) >= 11 is 0. The van der Waals surface area contributed by atoms with E-state index in [9.17, 15) is 4.79 Å². The van der Waals surface area contributed by atoms with Gasteiger partial charge in [0.1, 0.15) is 12.1 Å². The summed E-state index contributed by atoms with van der Waals surface area (Å²) in [6.07, 6.45) is 2.74. The van der Waals surface area contributed by atoms with Crippen molar-refractivity contribution < 1.29 is 14.3 Å². The fourth-order valence-electron chi connectivity index (χ4n) is 1.30. The van der Waals surface area contributed by atoms with Crippen LogP contribution in [0.15, 0.2) is 29.0 Å². The highest BCUT2D eigenvalue weighted by Gasteiger charge is 2.12. The van der Waals surface area contributed by atoms with Crippen LogP contribution >= 0.6 is 0 Å². The number of nitrogens with zero attached hydrogens (tertiary/aromatic N) is 3. The van der Waals surface area contributed by atoms with E-state index in [1.807, 2.05) is 19.0 Å². The average Bonchev–Trinajstić information content (AvgIpc) is 2.78. The van der Waals surface area contributed by atoms with E-state index < -0.39 is 5.97 Å². The maximum absolute atomic E-state index is 10.7. The molecule has 0 saturated heterocycles. The third-order valence-electron chi connectivity index (χ3n) is 2.17. The smallest absolute Gasteiger partial charge is 0.357 e. The minimum Gasteiger partial charge on any atom is -0.476 e. The molecular formula is C11H11N3O3. The molecule has 0 amide bonds. The van der Waals surface area contributed by atoms with Gasteiger partial charge in [-0.15, -0.1) is 0 Å². The van der Waals surface area contributed by atoms with Crippen molar-refractivity contribution in [1.29, 1.82) is 0 Å². The first kappa shape index (κ1) is 11.1. The van der Waals surface area contributed by atoms with E-state index >= 15 is 0 Å². The van der Waals surface area contributed by atoms with Gasteiger partial charge in [0.2, 0.25) is 5.89 Å². The predicted molar refractivity (Wildman–Crippen MR) is 61.0 cm³/mol. The molecule has 2 heterocycles. The maximum Gasteiger partial charge on any atom is 0.357 e. The Kier molecular flexibility index (Phi) is 2.78. The molecular weight excluding hydrogens is 222 g/mol. The summed E-state index contributed by atoms with van der Waals surface area (Å²) in [7, 11) is 3.73. The van der Waals surface area contributed by atoms with Crippen molar-refractivity contribution in [1.82, 2.24) is 9.97 Å². The van der Waals surface area contributed by atoms with Crippen molar-refractivity contribution >= 4 is 11.8 Å². The highest BCUT2D eigenvalue weighted by molar-refractivity contribution is 5.85. The molecule has 0 aliphatic heterocycles. The zero-order valence-corrected chi connectivity index (χ0v) is 9.41. The minimum atomic E-state index is -1.11. The van der Waals surface area contributed by atoms with E-state index in [1.54, 1.807) is 18.3 Å². The molecule has 0 saturated carbocycles. The number of aromatic nitrogens is 2. The molecule has 0 aliphatic rings. The molecule has 0 unspecified atom stereocenters. The van der Waals surface area contributed by atoms with Crippen LogP contribution < -0.4 is 4.90 Å². The number of hydrogen-bond donors (Lipinski definition) is 1. The number of carboxylic acids is 1. The minimum absolute atomic E-state index is 0.108. The van der Waals surface area contributed by atoms with Gasteiger partial charge in [0.25, 0.3) is 0 Å². The average molecular weight is 233 g/mol. The van der Waals surface area contributed by atoms with Crippen LogP contribution in [-0.4, -0.2) is 35.1 Å². The molecule has 17 heavy (non-hydrogen) atoms. The Morgan fingerprint density at radius 2 is 2.24 bits per heavy atom. The van der Waals surface area contributed by atoms with Gasteiger partial charge in [0.05, 0.1) is 0 Å². The first-order chi connectivity index (χ1) is 8.08. The summed E-state index contributed by atoms with van der Waals surface area (Å²) < 4.78 is 5.11. The van der Waals surface area contributed by atoms with E-state index in [1.165, 1.54) is 0 Å². The second-order valence-electron chi connectivity index (χ2n) is 3.64. The van der Waals surface area contributed by atoms with Crippen LogP contribution in [0.2, 0.25) is 0 Å². The number of hydrogen-bond acceptors (Lipinski definition) is 5. The maximum atomic E-state index is 10.7. The van der Waals surface area contributed by atoms with Gasteiger partial charge < -0.3 is 14.4 Å². The molecule has 6 heteroatoms. The van der Waals surface area contributed by atoms with E-state index in [0.717, 1.165) is 12.1 Å². The number of carboxylic acid groups (broad SMARTS) is 1. The van der Waals surface area contributed by atoms with Gasteiger partial charge in [-0.1, -0.05) is 0 Å². The second-order valence-corrected chi connectivity index (χ2v) is 3.64. The Labute approximate surface area is 97.5 Å². The molecule has 0 aliphatic carbocycles. The van der Waals surface area contributed by atoms with Crippen LogP contribution in [0.5, 0.6) is 0 Å². The number of oxazole rings is 1. The molecule has 0 bridgehead atoms.